The molecular weight excluding hydrogens is 474 g/mol. The Labute approximate surface area is 197 Å². The number of carbonyl (C=O) groups is 1. The SMILES string of the molecule is CC(C)c1cc(Br)c2c(c1)CCC(c1ccccc1Cl)N2C(=O)OCc1ccccc1. The minimum atomic E-state index is -0.368. The summed E-state index contributed by atoms with van der Waals surface area (Å²) in [5, 5.41) is 0.659. The molecule has 1 amide bonds. The fourth-order valence-electron chi connectivity index (χ4n) is 4.10. The third-order valence-corrected chi connectivity index (χ3v) is 6.69. The van der Waals surface area contributed by atoms with E-state index >= 15 is 0 Å². The molecule has 0 aromatic heterocycles. The maximum Gasteiger partial charge on any atom is 0.415 e. The van der Waals surface area contributed by atoms with Gasteiger partial charge in [-0.1, -0.05) is 80.0 Å². The number of rotatable bonds is 4. The molecule has 3 aromatic carbocycles. The smallest absolute Gasteiger partial charge is 0.415 e. The van der Waals surface area contributed by atoms with Gasteiger partial charge in [-0.3, -0.25) is 4.90 Å². The summed E-state index contributed by atoms with van der Waals surface area (Å²) >= 11 is 10.3. The average Bonchev–Trinajstić information content (AvgIpc) is 2.77. The van der Waals surface area contributed by atoms with E-state index in [1.54, 1.807) is 4.90 Å². The van der Waals surface area contributed by atoms with Crippen LogP contribution in [0.1, 0.15) is 54.5 Å². The number of hydrogen-bond donors (Lipinski definition) is 0. The van der Waals surface area contributed by atoms with Crippen LogP contribution in [0.5, 0.6) is 0 Å². The van der Waals surface area contributed by atoms with Gasteiger partial charge in [-0.25, -0.2) is 4.79 Å². The average molecular weight is 499 g/mol. The molecule has 1 aliphatic heterocycles. The van der Waals surface area contributed by atoms with Crippen LogP contribution < -0.4 is 4.90 Å². The minimum Gasteiger partial charge on any atom is -0.444 e. The molecule has 0 saturated carbocycles. The molecule has 3 nitrogen and oxygen atoms in total. The Morgan fingerprint density at radius 1 is 1.13 bits per heavy atom. The number of hydrogen-bond acceptors (Lipinski definition) is 2. The molecule has 1 aliphatic rings. The molecule has 1 atom stereocenters. The number of halogens is 2. The molecule has 31 heavy (non-hydrogen) atoms. The first kappa shape index (κ1) is 21.9. The van der Waals surface area contributed by atoms with Crippen molar-refractivity contribution in [3.05, 3.63) is 98.5 Å². The van der Waals surface area contributed by atoms with Gasteiger partial charge >= 0.3 is 6.09 Å². The van der Waals surface area contributed by atoms with Crippen LogP contribution in [-0.2, 0) is 17.8 Å². The van der Waals surface area contributed by atoms with Gasteiger partial charge in [0.1, 0.15) is 6.61 Å². The highest BCUT2D eigenvalue weighted by molar-refractivity contribution is 9.10. The summed E-state index contributed by atoms with van der Waals surface area (Å²) in [6.45, 7) is 4.58. The van der Waals surface area contributed by atoms with Gasteiger partial charge in [0.05, 0.1) is 11.7 Å². The second kappa shape index (κ2) is 9.46. The highest BCUT2D eigenvalue weighted by Gasteiger charge is 2.36. The topological polar surface area (TPSA) is 29.5 Å². The summed E-state index contributed by atoms with van der Waals surface area (Å²) in [6.07, 6.45) is 1.28. The van der Waals surface area contributed by atoms with E-state index in [-0.39, 0.29) is 18.7 Å². The van der Waals surface area contributed by atoms with Crippen LogP contribution in [0, 0.1) is 0 Å². The molecule has 0 aliphatic carbocycles. The number of fused-ring (bicyclic) bond motifs is 1. The molecule has 0 saturated heterocycles. The van der Waals surface area contributed by atoms with Crippen molar-refractivity contribution in [3.63, 3.8) is 0 Å². The summed E-state index contributed by atoms with van der Waals surface area (Å²) in [4.78, 5) is 15.2. The molecule has 5 heteroatoms. The fraction of sp³-hybridized carbons (Fsp3) is 0.269. The van der Waals surface area contributed by atoms with E-state index in [4.69, 9.17) is 16.3 Å². The maximum atomic E-state index is 13.4. The van der Waals surface area contributed by atoms with Gasteiger partial charge in [0.2, 0.25) is 0 Å². The predicted octanol–water partition coefficient (Wildman–Crippen LogP) is 8.06. The number of ether oxygens (including phenoxy) is 1. The number of benzene rings is 3. The van der Waals surface area contributed by atoms with Crippen LogP contribution in [-0.4, -0.2) is 6.09 Å². The van der Waals surface area contributed by atoms with Crippen molar-refractivity contribution in [2.24, 2.45) is 0 Å². The Balaban J connectivity index is 1.74. The molecule has 160 valence electrons. The molecule has 0 spiro atoms. The number of nitrogens with zero attached hydrogens (tertiary/aromatic N) is 1. The fourth-order valence-corrected chi connectivity index (χ4v) is 5.07. The van der Waals surface area contributed by atoms with E-state index in [2.05, 4.69) is 41.9 Å². The Bertz CT molecular complexity index is 1080. The normalized spacial score (nSPS) is 15.6. The van der Waals surface area contributed by atoms with E-state index in [1.165, 1.54) is 5.56 Å². The van der Waals surface area contributed by atoms with Crippen molar-refractivity contribution in [2.75, 3.05) is 4.90 Å². The van der Waals surface area contributed by atoms with Gasteiger partial charge in [-0.15, -0.1) is 0 Å². The van der Waals surface area contributed by atoms with Crippen LogP contribution in [0.2, 0.25) is 5.02 Å². The van der Waals surface area contributed by atoms with Gasteiger partial charge in [0.25, 0.3) is 0 Å². The Morgan fingerprint density at radius 2 is 1.84 bits per heavy atom. The summed E-state index contributed by atoms with van der Waals surface area (Å²) in [5.74, 6) is 0.404. The van der Waals surface area contributed by atoms with E-state index in [9.17, 15) is 4.79 Å². The minimum absolute atomic E-state index is 0.189. The Kier molecular flexibility index (Phi) is 6.68. The molecule has 1 heterocycles. The van der Waals surface area contributed by atoms with Crippen LogP contribution in [0.25, 0.3) is 0 Å². The van der Waals surface area contributed by atoms with Crippen molar-refractivity contribution in [1.29, 1.82) is 0 Å². The summed E-state index contributed by atoms with van der Waals surface area (Å²) < 4.78 is 6.68. The molecule has 0 N–H and O–H groups in total. The molecule has 0 radical (unpaired) electrons. The van der Waals surface area contributed by atoms with E-state index in [0.717, 1.165) is 39.7 Å². The van der Waals surface area contributed by atoms with Crippen molar-refractivity contribution in [1.82, 2.24) is 0 Å². The maximum absolute atomic E-state index is 13.4. The molecule has 0 bridgehead atoms. The zero-order chi connectivity index (χ0) is 22.0. The Hall–Kier alpha value is -2.30. The predicted molar refractivity (Wildman–Crippen MR) is 130 cm³/mol. The second-order valence-corrected chi connectivity index (χ2v) is 9.41. The lowest BCUT2D eigenvalue weighted by molar-refractivity contribution is 0.143. The third-order valence-electron chi connectivity index (χ3n) is 5.74. The van der Waals surface area contributed by atoms with Crippen molar-refractivity contribution >= 4 is 39.3 Å². The molecule has 3 aromatic rings. The Morgan fingerprint density at radius 3 is 2.55 bits per heavy atom. The molecule has 4 rings (SSSR count). The van der Waals surface area contributed by atoms with Crippen LogP contribution >= 0.6 is 27.5 Å². The van der Waals surface area contributed by atoms with Gasteiger partial charge in [0, 0.05) is 9.50 Å². The van der Waals surface area contributed by atoms with Gasteiger partial charge in [-0.2, -0.15) is 0 Å². The number of anilines is 1. The van der Waals surface area contributed by atoms with E-state index in [1.807, 2.05) is 54.6 Å². The van der Waals surface area contributed by atoms with Crippen LogP contribution in [0.4, 0.5) is 10.5 Å². The van der Waals surface area contributed by atoms with E-state index < -0.39 is 0 Å². The van der Waals surface area contributed by atoms with Crippen LogP contribution in [0.15, 0.2) is 71.2 Å². The number of aryl methyl sites for hydroxylation is 1. The zero-order valence-corrected chi connectivity index (χ0v) is 20.0. The van der Waals surface area contributed by atoms with Crippen molar-refractivity contribution in [3.8, 4) is 0 Å². The van der Waals surface area contributed by atoms with E-state index in [0.29, 0.717) is 10.9 Å². The highest BCUT2D eigenvalue weighted by Crippen LogP contribution is 2.45. The monoisotopic (exact) mass is 497 g/mol. The standard InChI is InChI=1S/C26H25BrClNO2/c1-17(2)20-14-19-12-13-24(21-10-6-7-11-23(21)28)29(25(19)22(27)15-20)26(30)31-16-18-8-4-3-5-9-18/h3-11,14-15,17,24H,12-13,16H2,1-2H3. The first-order valence-electron chi connectivity index (χ1n) is 10.5. The largest absolute Gasteiger partial charge is 0.444 e. The molecule has 0 fully saturated rings. The lowest BCUT2D eigenvalue weighted by Crippen LogP contribution is -2.39. The van der Waals surface area contributed by atoms with Crippen LogP contribution in [0.3, 0.4) is 0 Å². The van der Waals surface area contributed by atoms with Gasteiger partial charge in [0.15, 0.2) is 0 Å². The first-order valence-corrected chi connectivity index (χ1v) is 11.7. The summed E-state index contributed by atoms with van der Waals surface area (Å²) in [7, 11) is 0. The highest BCUT2D eigenvalue weighted by atomic mass is 79.9. The summed E-state index contributed by atoms with van der Waals surface area (Å²) in [6, 6.07) is 21.6. The third kappa shape index (κ3) is 4.65. The summed E-state index contributed by atoms with van der Waals surface area (Å²) in [5.41, 5.74) is 5.17. The van der Waals surface area contributed by atoms with Gasteiger partial charge < -0.3 is 4.74 Å². The number of amides is 1. The van der Waals surface area contributed by atoms with Gasteiger partial charge in [-0.05, 0) is 69.1 Å². The zero-order valence-electron chi connectivity index (χ0n) is 17.6. The first-order chi connectivity index (χ1) is 15.0. The molecular formula is C26H25BrClNO2. The van der Waals surface area contributed by atoms with Crippen molar-refractivity contribution < 1.29 is 9.53 Å². The number of carbonyl (C=O) groups excluding carboxylic acids is 1. The molecule has 1 unspecified atom stereocenters. The lowest BCUT2D eigenvalue weighted by atomic mass is 9.89. The quantitative estimate of drug-likeness (QED) is 0.364. The second-order valence-electron chi connectivity index (χ2n) is 8.15. The lowest BCUT2D eigenvalue weighted by Gasteiger charge is -2.38. The van der Waals surface area contributed by atoms with Crippen molar-refractivity contribution in [2.45, 2.75) is 45.3 Å².